The van der Waals surface area contributed by atoms with Crippen LogP contribution in [-0.2, 0) is 11.3 Å². The molecule has 2 rings (SSSR count). The molecule has 22 heavy (non-hydrogen) atoms. The molecule has 1 aromatic heterocycles. The van der Waals surface area contributed by atoms with E-state index in [1.54, 1.807) is 18.4 Å². The number of hydrogen-bond acceptors (Lipinski definition) is 5. The van der Waals surface area contributed by atoms with E-state index in [1.165, 1.54) is 0 Å². The zero-order valence-electron chi connectivity index (χ0n) is 13.9. The molecule has 1 fully saturated rings. The van der Waals surface area contributed by atoms with Gasteiger partial charge in [0, 0.05) is 32.1 Å². The lowest BCUT2D eigenvalue weighted by Gasteiger charge is -2.30. The van der Waals surface area contributed by atoms with Crippen molar-refractivity contribution < 1.29 is 4.74 Å². The molecule has 2 N–H and O–H groups in total. The maximum atomic E-state index is 5.74. The van der Waals surface area contributed by atoms with Gasteiger partial charge in [-0.3, -0.25) is 4.99 Å². The molecule has 6 nitrogen and oxygen atoms in total. The van der Waals surface area contributed by atoms with E-state index in [4.69, 9.17) is 4.74 Å². The maximum absolute atomic E-state index is 5.74. The number of nitrogens with one attached hydrogen (secondary N) is 2. The molecule has 124 valence electrons. The lowest BCUT2D eigenvalue weighted by molar-refractivity contribution is -0.0161. The van der Waals surface area contributed by atoms with Gasteiger partial charge in [-0.15, -0.1) is 11.3 Å². The van der Waals surface area contributed by atoms with Crippen molar-refractivity contribution >= 4 is 17.3 Å². The molecular weight excluding hydrogens is 298 g/mol. The van der Waals surface area contributed by atoms with Crippen molar-refractivity contribution in [3.63, 3.8) is 0 Å². The third-order valence-electron chi connectivity index (χ3n) is 3.63. The number of guanidine groups is 1. The summed E-state index contributed by atoms with van der Waals surface area (Å²) in [4.78, 5) is 11.2. The zero-order valence-corrected chi connectivity index (χ0v) is 14.7. The molecule has 2 heterocycles. The highest BCUT2D eigenvalue weighted by Crippen LogP contribution is 2.17. The van der Waals surface area contributed by atoms with Crippen molar-refractivity contribution in [3.05, 3.63) is 16.1 Å². The van der Waals surface area contributed by atoms with Gasteiger partial charge in [0.25, 0.3) is 0 Å². The van der Waals surface area contributed by atoms with Crippen molar-refractivity contribution in [3.8, 4) is 0 Å². The molecule has 0 aliphatic carbocycles. The summed E-state index contributed by atoms with van der Waals surface area (Å²) in [5.74, 6) is 1.26. The summed E-state index contributed by atoms with van der Waals surface area (Å²) >= 11 is 1.69. The van der Waals surface area contributed by atoms with Crippen LogP contribution in [0.15, 0.2) is 10.4 Å². The minimum absolute atomic E-state index is 0.213. The Kier molecular flexibility index (Phi) is 6.60. The molecule has 1 unspecified atom stereocenters. The van der Waals surface area contributed by atoms with Crippen molar-refractivity contribution in [2.75, 3.05) is 40.3 Å². The molecular formula is C15H27N5OS. The first-order valence-electron chi connectivity index (χ1n) is 7.77. The molecule has 0 radical (unpaired) electrons. The van der Waals surface area contributed by atoms with Crippen LogP contribution in [-0.4, -0.2) is 62.3 Å². The smallest absolute Gasteiger partial charge is 0.191 e. The first-order valence-corrected chi connectivity index (χ1v) is 8.65. The maximum Gasteiger partial charge on any atom is 0.191 e. The Morgan fingerprint density at radius 3 is 3.00 bits per heavy atom. The largest absolute Gasteiger partial charge is 0.374 e. The Hall–Kier alpha value is -1.18. The summed E-state index contributed by atoms with van der Waals surface area (Å²) in [7, 11) is 3.90. The fourth-order valence-corrected chi connectivity index (χ4v) is 3.15. The summed E-state index contributed by atoms with van der Waals surface area (Å²) in [5.41, 5.74) is 1.16. The van der Waals surface area contributed by atoms with Crippen LogP contribution in [0.2, 0.25) is 0 Å². The highest BCUT2D eigenvalue weighted by Gasteiger charge is 2.17. The average Bonchev–Trinajstić information content (AvgIpc) is 2.97. The molecule has 1 aliphatic heterocycles. The number of ether oxygens (including phenoxy) is 1. The quantitative estimate of drug-likeness (QED) is 0.630. The van der Waals surface area contributed by atoms with E-state index in [2.05, 4.69) is 51.8 Å². The average molecular weight is 325 g/mol. The monoisotopic (exact) mass is 325 g/mol. The van der Waals surface area contributed by atoms with Gasteiger partial charge in [0.05, 0.1) is 24.9 Å². The number of rotatable bonds is 5. The van der Waals surface area contributed by atoms with Crippen molar-refractivity contribution in [2.24, 2.45) is 4.99 Å². The molecule has 1 saturated heterocycles. The number of morpholine rings is 1. The normalized spacial score (nSPS) is 20.4. The Balaban J connectivity index is 1.74. The van der Waals surface area contributed by atoms with Gasteiger partial charge in [-0.1, -0.05) is 13.8 Å². The fraction of sp³-hybridized carbons (Fsp3) is 0.733. The van der Waals surface area contributed by atoms with E-state index in [0.717, 1.165) is 42.9 Å². The van der Waals surface area contributed by atoms with Crippen LogP contribution in [0.3, 0.4) is 0 Å². The predicted octanol–water partition coefficient (Wildman–Crippen LogP) is 1.26. The number of nitrogens with zero attached hydrogens (tertiary/aromatic N) is 3. The van der Waals surface area contributed by atoms with Gasteiger partial charge in [0.15, 0.2) is 5.96 Å². The van der Waals surface area contributed by atoms with Crippen LogP contribution in [0.5, 0.6) is 0 Å². The predicted molar refractivity (Wildman–Crippen MR) is 91.6 cm³/mol. The number of hydrogen-bond donors (Lipinski definition) is 2. The number of aliphatic imine (C=N–C) groups is 1. The minimum atomic E-state index is 0.213. The van der Waals surface area contributed by atoms with Crippen LogP contribution in [0.25, 0.3) is 0 Å². The van der Waals surface area contributed by atoms with E-state index in [0.29, 0.717) is 12.5 Å². The van der Waals surface area contributed by atoms with E-state index in [-0.39, 0.29) is 6.10 Å². The molecule has 1 aromatic rings. The van der Waals surface area contributed by atoms with Crippen molar-refractivity contribution in [1.29, 1.82) is 0 Å². The molecule has 0 amide bonds. The highest BCUT2D eigenvalue weighted by molar-refractivity contribution is 7.09. The standard InChI is InChI=1S/C15H27N5OS/c1-11(2)13-10-22-14(19-13)8-18-15(16-3)17-7-12-9-20(4)5-6-21-12/h10-12H,5-9H2,1-4H3,(H2,16,17,18). The zero-order chi connectivity index (χ0) is 15.9. The van der Waals surface area contributed by atoms with E-state index in [9.17, 15) is 0 Å². The highest BCUT2D eigenvalue weighted by atomic mass is 32.1. The molecule has 7 heteroatoms. The summed E-state index contributed by atoms with van der Waals surface area (Å²) in [6, 6.07) is 0. The lowest BCUT2D eigenvalue weighted by atomic mass is 10.2. The van der Waals surface area contributed by atoms with Crippen LogP contribution in [0, 0.1) is 0 Å². The summed E-state index contributed by atoms with van der Waals surface area (Å²) in [6.07, 6.45) is 0.213. The van der Waals surface area contributed by atoms with Crippen LogP contribution >= 0.6 is 11.3 Å². The first kappa shape index (κ1) is 17.2. The van der Waals surface area contributed by atoms with E-state index in [1.807, 2.05) is 0 Å². The molecule has 0 spiro atoms. The van der Waals surface area contributed by atoms with Gasteiger partial charge in [-0.05, 0) is 13.0 Å². The Morgan fingerprint density at radius 1 is 1.55 bits per heavy atom. The van der Waals surface area contributed by atoms with Crippen LogP contribution < -0.4 is 10.6 Å². The molecule has 1 atom stereocenters. The number of aromatic nitrogens is 1. The molecule has 0 saturated carbocycles. The minimum Gasteiger partial charge on any atom is -0.374 e. The van der Waals surface area contributed by atoms with Crippen molar-refractivity contribution in [1.82, 2.24) is 20.5 Å². The van der Waals surface area contributed by atoms with Crippen LogP contribution in [0.1, 0.15) is 30.5 Å². The molecule has 0 bridgehead atoms. The van der Waals surface area contributed by atoms with Crippen LogP contribution in [0.4, 0.5) is 0 Å². The summed E-state index contributed by atoms with van der Waals surface area (Å²) < 4.78 is 5.74. The third kappa shape index (κ3) is 5.23. The summed E-state index contributed by atoms with van der Waals surface area (Å²) in [6.45, 7) is 8.54. The van der Waals surface area contributed by atoms with Gasteiger partial charge in [0.1, 0.15) is 5.01 Å². The first-order chi connectivity index (χ1) is 10.6. The summed E-state index contributed by atoms with van der Waals surface area (Å²) in [5, 5.41) is 9.84. The van der Waals surface area contributed by atoms with Gasteiger partial charge in [0.2, 0.25) is 0 Å². The third-order valence-corrected chi connectivity index (χ3v) is 4.50. The SMILES string of the molecule is CN=C(NCc1nc(C(C)C)cs1)NCC1CN(C)CCO1. The Bertz CT molecular complexity index is 488. The second-order valence-electron chi connectivity index (χ2n) is 5.88. The Morgan fingerprint density at radius 2 is 2.36 bits per heavy atom. The molecule has 0 aromatic carbocycles. The van der Waals surface area contributed by atoms with E-state index >= 15 is 0 Å². The van der Waals surface area contributed by atoms with Gasteiger partial charge in [-0.25, -0.2) is 4.98 Å². The second-order valence-corrected chi connectivity index (χ2v) is 6.83. The van der Waals surface area contributed by atoms with Gasteiger partial charge >= 0.3 is 0 Å². The van der Waals surface area contributed by atoms with Gasteiger partial charge < -0.3 is 20.3 Å². The lowest BCUT2D eigenvalue weighted by Crippen LogP contribution is -2.48. The van der Waals surface area contributed by atoms with E-state index < -0.39 is 0 Å². The fourth-order valence-electron chi connectivity index (χ4n) is 2.25. The second kappa shape index (κ2) is 8.45. The number of likely N-dealkylation sites (N-methyl/N-ethyl adjacent to an activating group) is 1. The van der Waals surface area contributed by atoms with Gasteiger partial charge in [-0.2, -0.15) is 0 Å². The topological polar surface area (TPSA) is 61.8 Å². The van der Waals surface area contributed by atoms with Crippen molar-refractivity contribution in [2.45, 2.75) is 32.4 Å². The number of thiazole rings is 1. The Labute approximate surface area is 137 Å². The molecule has 1 aliphatic rings.